The van der Waals surface area contributed by atoms with Gasteiger partial charge in [0.05, 0.1) is 0 Å². The van der Waals surface area contributed by atoms with Crippen LogP contribution in [0.1, 0.15) is 40.7 Å². The van der Waals surface area contributed by atoms with Crippen LogP contribution in [0.4, 0.5) is 5.69 Å². The molecule has 0 aromatic heterocycles. The van der Waals surface area contributed by atoms with Gasteiger partial charge in [-0.1, -0.05) is 24.3 Å². The molecule has 2 aromatic rings. The largest absolute Gasteiger partial charge is 0.330 e. The minimum absolute atomic E-state index is 0.0676. The van der Waals surface area contributed by atoms with Gasteiger partial charge in [-0.3, -0.25) is 4.79 Å². The minimum Gasteiger partial charge on any atom is -0.330 e. The summed E-state index contributed by atoms with van der Waals surface area (Å²) in [5, 5.41) is 0. The van der Waals surface area contributed by atoms with E-state index in [1.165, 1.54) is 24.0 Å². The first-order valence-electron chi connectivity index (χ1n) is 8.48. The third-order valence-corrected chi connectivity index (χ3v) is 4.49. The Morgan fingerprint density at radius 2 is 1.74 bits per heavy atom. The van der Waals surface area contributed by atoms with Gasteiger partial charge in [0.2, 0.25) is 0 Å². The predicted molar refractivity (Wildman–Crippen MR) is 94.9 cm³/mol. The standard InChI is InChI=1S/C20H24N2O/c21-13-6-14-22(19-9-2-1-3-10-19)20(23)18-12-11-16-7-4-5-8-17(16)15-18/h1-3,9-12,15H,4-8,13-14,21H2. The Balaban J connectivity index is 1.88. The van der Waals surface area contributed by atoms with Gasteiger partial charge in [0.15, 0.2) is 0 Å². The van der Waals surface area contributed by atoms with Crippen LogP contribution in [0.5, 0.6) is 0 Å². The maximum Gasteiger partial charge on any atom is 0.258 e. The molecule has 0 bridgehead atoms. The van der Waals surface area contributed by atoms with Crippen LogP contribution in [0.3, 0.4) is 0 Å². The maximum atomic E-state index is 13.0. The first-order chi connectivity index (χ1) is 11.3. The van der Waals surface area contributed by atoms with E-state index < -0.39 is 0 Å². The highest BCUT2D eigenvalue weighted by Gasteiger charge is 2.19. The number of rotatable bonds is 5. The Kier molecular flexibility index (Phi) is 5.09. The number of carbonyl (C=O) groups excluding carboxylic acids is 1. The quantitative estimate of drug-likeness (QED) is 0.918. The van der Waals surface area contributed by atoms with Gasteiger partial charge in [0.1, 0.15) is 0 Å². The van der Waals surface area contributed by atoms with E-state index in [0.29, 0.717) is 13.1 Å². The molecule has 120 valence electrons. The van der Waals surface area contributed by atoms with Gasteiger partial charge in [-0.2, -0.15) is 0 Å². The van der Waals surface area contributed by atoms with Crippen LogP contribution in [0.25, 0.3) is 0 Å². The Morgan fingerprint density at radius 3 is 2.48 bits per heavy atom. The molecule has 23 heavy (non-hydrogen) atoms. The molecule has 3 nitrogen and oxygen atoms in total. The molecule has 3 heteroatoms. The second kappa shape index (κ2) is 7.42. The van der Waals surface area contributed by atoms with E-state index in [4.69, 9.17) is 5.73 Å². The number of amides is 1. The molecule has 0 spiro atoms. The minimum atomic E-state index is 0.0676. The van der Waals surface area contributed by atoms with Crippen LogP contribution in [-0.2, 0) is 12.8 Å². The van der Waals surface area contributed by atoms with Gasteiger partial charge in [0, 0.05) is 17.8 Å². The van der Waals surface area contributed by atoms with E-state index >= 15 is 0 Å². The molecule has 3 rings (SSSR count). The zero-order valence-electron chi connectivity index (χ0n) is 13.5. The summed E-state index contributed by atoms with van der Waals surface area (Å²) in [5.74, 6) is 0.0676. The number of fused-ring (bicyclic) bond motifs is 1. The van der Waals surface area contributed by atoms with Crippen molar-refractivity contribution in [1.29, 1.82) is 0 Å². The molecule has 2 aromatic carbocycles. The fraction of sp³-hybridized carbons (Fsp3) is 0.350. The SMILES string of the molecule is NCCCN(C(=O)c1ccc2c(c1)CCCC2)c1ccccc1. The summed E-state index contributed by atoms with van der Waals surface area (Å²) in [7, 11) is 0. The summed E-state index contributed by atoms with van der Waals surface area (Å²) in [6.45, 7) is 1.23. The van der Waals surface area contributed by atoms with Crippen LogP contribution < -0.4 is 10.6 Å². The molecule has 1 aliphatic rings. The number of anilines is 1. The van der Waals surface area contributed by atoms with E-state index in [0.717, 1.165) is 30.5 Å². The molecular formula is C20H24N2O. The highest BCUT2D eigenvalue weighted by atomic mass is 16.2. The molecule has 0 radical (unpaired) electrons. The van der Waals surface area contributed by atoms with Gasteiger partial charge in [0.25, 0.3) is 5.91 Å². The summed E-state index contributed by atoms with van der Waals surface area (Å²) in [5.41, 5.74) is 10.1. The van der Waals surface area contributed by atoms with Crippen molar-refractivity contribution < 1.29 is 4.79 Å². The monoisotopic (exact) mass is 308 g/mol. The molecule has 0 aliphatic heterocycles. The third kappa shape index (κ3) is 3.62. The highest BCUT2D eigenvalue weighted by Crippen LogP contribution is 2.24. The van der Waals surface area contributed by atoms with Crippen LogP contribution in [0, 0.1) is 0 Å². The van der Waals surface area contributed by atoms with E-state index in [9.17, 15) is 4.79 Å². The normalized spacial score (nSPS) is 13.4. The van der Waals surface area contributed by atoms with Crippen LogP contribution in [0.2, 0.25) is 0 Å². The second-order valence-corrected chi connectivity index (χ2v) is 6.13. The number of nitrogens with two attached hydrogens (primary N) is 1. The van der Waals surface area contributed by atoms with Crippen molar-refractivity contribution in [2.24, 2.45) is 5.73 Å². The average molecular weight is 308 g/mol. The van der Waals surface area contributed by atoms with Crippen molar-refractivity contribution in [1.82, 2.24) is 0 Å². The molecule has 0 heterocycles. The van der Waals surface area contributed by atoms with Gasteiger partial charge < -0.3 is 10.6 Å². The summed E-state index contributed by atoms with van der Waals surface area (Å²) < 4.78 is 0. The molecule has 1 aliphatic carbocycles. The molecule has 0 unspecified atom stereocenters. The average Bonchev–Trinajstić information content (AvgIpc) is 2.62. The van der Waals surface area contributed by atoms with Gasteiger partial charge in [-0.15, -0.1) is 0 Å². The molecule has 0 saturated carbocycles. The molecule has 0 fully saturated rings. The van der Waals surface area contributed by atoms with Crippen molar-refractivity contribution in [3.05, 3.63) is 65.2 Å². The molecule has 0 atom stereocenters. The first kappa shape index (κ1) is 15.8. The van der Waals surface area contributed by atoms with Gasteiger partial charge in [-0.05, 0) is 74.0 Å². The Labute approximate surface area is 138 Å². The van der Waals surface area contributed by atoms with Crippen molar-refractivity contribution in [2.75, 3.05) is 18.0 Å². The van der Waals surface area contributed by atoms with Crippen molar-refractivity contribution in [2.45, 2.75) is 32.1 Å². The van der Waals surface area contributed by atoms with E-state index in [-0.39, 0.29) is 5.91 Å². The topological polar surface area (TPSA) is 46.3 Å². The molecular weight excluding hydrogens is 284 g/mol. The zero-order chi connectivity index (χ0) is 16.1. The van der Waals surface area contributed by atoms with Crippen LogP contribution in [0.15, 0.2) is 48.5 Å². The Hall–Kier alpha value is -2.13. The maximum absolute atomic E-state index is 13.0. The smallest absolute Gasteiger partial charge is 0.258 e. The lowest BCUT2D eigenvalue weighted by molar-refractivity contribution is 0.0986. The van der Waals surface area contributed by atoms with Crippen LogP contribution >= 0.6 is 0 Å². The zero-order valence-corrected chi connectivity index (χ0v) is 13.5. The fourth-order valence-corrected chi connectivity index (χ4v) is 3.23. The van der Waals surface area contributed by atoms with Crippen molar-refractivity contribution in [3.8, 4) is 0 Å². The fourth-order valence-electron chi connectivity index (χ4n) is 3.23. The lowest BCUT2D eigenvalue weighted by atomic mass is 9.90. The number of carbonyl (C=O) groups is 1. The number of hydrogen-bond acceptors (Lipinski definition) is 2. The van der Waals surface area contributed by atoms with E-state index in [2.05, 4.69) is 12.1 Å². The second-order valence-electron chi connectivity index (χ2n) is 6.13. The van der Waals surface area contributed by atoms with Gasteiger partial charge >= 0.3 is 0 Å². The molecule has 2 N–H and O–H groups in total. The molecule has 1 amide bonds. The third-order valence-electron chi connectivity index (χ3n) is 4.49. The number of hydrogen-bond donors (Lipinski definition) is 1. The van der Waals surface area contributed by atoms with E-state index in [1.807, 2.05) is 41.3 Å². The lowest BCUT2D eigenvalue weighted by Crippen LogP contribution is -2.33. The Morgan fingerprint density at radius 1 is 1.00 bits per heavy atom. The predicted octanol–water partition coefficient (Wildman–Crippen LogP) is 3.56. The number of benzene rings is 2. The summed E-state index contributed by atoms with van der Waals surface area (Å²) in [6, 6.07) is 16.1. The molecule has 0 saturated heterocycles. The summed E-state index contributed by atoms with van der Waals surface area (Å²) in [4.78, 5) is 14.9. The summed E-state index contributed by atoms with van der Waals surface area (Å²) in [6.07, 6.45) is 5.50. The number of nitrogens with zero attached hydrogens (tertiary/aromatic N) is 1. The highest BCUT2D eigenvalue weighted by molar-refractivity contribution is 6.06. The van der Waals surface area contributed by atoms with E-state index in [1.54, 1.807) is 0 Å². The number of aryl methyl sites for hydroxylation is 2. The van der Waals surface area contributed by atoms with Crippen LogP contribution in [-0.4, -0.2) is 19.0 Å². The number of para-hydroxylation sites is 1. The summed E-state index contributed by atoms with van der Waals surface area (Å²) >= 11 is 0. The van der Waals surface area contributed by atoms with Crippen molar-refractivity contribution >= 4 is 11.6 Å². The Bertz CT molecular complexity index is 667. The first-order valence-corrected chi connectivity index (χ1v) is 8.48. The van der Waals surface area contributed by atoms with Crippen molar-refractivity contribution in [3.63, 3.8) is 0 Å². The lowest BCUT2D eigenvalue weighted by Gasteiger charge is -2.24. The van der Waals surface area contributed by atoms with Gasteiger partial charge in [-0.25, -0.2) is 0 Å².